The molecule has 19 heavy (non-hydrogen) atoms. The highest BCUT2D eigenvalue weighted by molar-refractivity contribution is 6.47. The topological polar surface area (TPSA) is 53.5 Å². The third-order valence-corrected chi connectivity index (χ3v) is 2.62. The first-order valence-electron chi connectivity index (χ1n) is 5.27. The molecule has 0 saturated carbocycles. The third-order valence-electron chi connectivity index (χ3n) is 2.62. The molecule has 0 bridgehead atoms. The van der Waals surface area contributed by atoms with E-state index in [-0.39, 0.29) is 5.56 Å². The number of rotatable bonds is 2. The predicted octanol–water partition coefficient (Wildman–Crippen LogP) is 3.26. The van der Waals surface area contributed by atoms with E-state index in [0.29, 0.717) is 10.8 Å². The molecule has 0 radical (unpaired) electrons. The number of hydrogen-bond donors (Lipinski definition) is 0. The molecular weight excluding hydrogens is 257 g/mol. The summed E-state index contributed by atoms with van der Waals surface area (Å²) in [5.74, 6) is -1.35. The van der Waals surface area contributed by atoms with Crippen molar-refractivity contribution in [1.29, 1.82) is 0 Å². The van der Waals surface area contributed by atoms with Crippen LogP contribution in [0.25, 0.3) is 16.3 Å². The number of halogens is 3. The Morgan fingerprint density at radius 1 is 1.05 bits per heavy atom. The zero-order valence-electron chi connectivity index (χ0n) is 9.48. The summed E-state index contributed by atoms with van der Waals surface area (Å²) in [5, 5.41) is 1.01. The Balaban J connectivity index is 2.63. The lowest BCUT2D eigenvalue weighted by atomic mass is 9.99. The minimum atomic E-state index is -5.00. The molecule has 0 aliphatic heterocycles. The second kappa shape index (κ2) is 4.66. The molecule has 0 unspecified atom stereocenters. The molecule has 0 amide bonds. The van der Waals surface area contributed by atoms with Crippen molar-refractivity contribution in [3.05, 3.63) is 53.6 Å². The molecular formula is C13H7F3N2O. The van der Waals surface area contributed by atoms with Gasteiger partial charge in [-0.3, -0.25) is 4.79 Å². The maximum absolute atomic E-state index is 12.5. The quantitative estimate of drug-likeness (QED) is 0.355. The van der Waals surface area contributed by atoms with Crippen molar-refractivity contribution in [3.8, 4) is 0 Å². The molecule has 3 nitrogen and oxygen atoms in total. The van der Waals surface area contributed by atoms with Crippen molar-refractivity contribution in [1.82, 2.24) is 0 Å². The van der Waals surface area contributed by atoms with Gasteiger partial charge in [-0.15, -0.1) is 0 Å². The van der Waals surface area contributed by atoms with E-state index in [1.165, 1.54) is 18.2 Å². The van der Waals surface area contributed by atoms with Gasteiger partial charge in [0.2, 0.25) is 0 Å². The zero-order valence-corrected chi connectivity index (χ0v) is 9.48. The minimum absolute atomic E-state index is 0.150. The fourth-order valence-corrected chi connectivity index (χ4v) is 1.78. The number of ketones is 1. The number of alkyl halides is 3. The average molecular weight is 264 g/mol. The van der Waals surface area contributed by atoms with Crippen LogP contribution in [0.1, 0.15) is 10.4 Å². The SMILES string of the molecule is [N-]=[N+]=C(C(=O)c1cccc2ccccc12)C(F)(F)F. The van der Waals surface area contributed by atoms with Gasteiger partial charge in [0.05, 0.1) is 0 Å². The van der Waals surface area contributed by atoms with Gasteiger partial charge in [0.25, 0.3) is 5.78 Å². The molecule has 0 aliphatic carbocycles. The van der Waals surface area contributed by atoms with E-state index in [4.69, 9.17) is 5.53 Å². The summed E-state index contributed by atoms with van der Waals surface area (Å²) in [4.78, 5) is 13.9. The molecule has 2 rings (SSSR count). The van der Waals surface area contributed by atoms with E-state index in [1.54, 1.807) is 24.3 Å². The first-order valence-corrected chi connectivity index (χ1v) is 5.27. The normalized spacial score (nSPS) is 11.1. The van der Waals surface area contributed by atoms with E-state index in [9.17, 15) is 18.0 Å². The maximum Gasteiger partial charge on any atom is 0.499 e. The van der Waals surface area contributed by atoms with Gasteiger partial charge in [-0.1, -0.05) is 42.5 Å². The van der Waals surface area contributed by atoms with Crippen LogP contribution >= 0.6 is 0 Å². The Labute approximate surface area is 105 Å². The van der Waals surface area contributed by atoms with Gasteiger partial charge in [-0.05, 0) is 10.8 Å². The summed E-state index contributed by atoms with van der Waals surface area (Å²) in [6, 6.07) is 10.9. The predicted molar refractivity (Wildman–Crippen MR) is 63.0 cm³/mol. The Bertz CT molecular complexity index is 695. The molecule has 0 aliphatic rings. The number of Topliss-reactive ketones (excluding diaryl/α,β-unsaturated/α-hetero) is 1. The van der Waals surface area contributed by atoms with Gasteiger partial charge in [0, 0.05) is 5.56 Å². The Kier molecular flexibility index (Phi) is 3.19. The lowest BCUT2D eigenvalue weighted by Gasteiger charge is -2.04. The molecule has 0 spiro atoms. The van der Waals surface area contributed by atoms with Crippen LogP contribution in [0.5, 0.6) is 0 Å². The van der Waals surface area contributed by atoms with Crippen molar-refractivity contribution < 1.29 is 22.8 Å². The monoisotopic (exact) mass is 264 g/mol. The van der Waals surface area contributed by atoms with Gasteiger partial charge in [-0.25, -0.2) is 0 Å². The van der Waals surface area contributed by atoms with Crippen molar-refractivity contribution in [2.75, 3.05) is 0 Å². The van der Waals surface area contributed by atoms with Crippen molar-refractivity contribution in [2.24, 2.45) is 0 Å². The number of benzene rings is 2. The summed E-state index contributed by atoms with van der Waals surface area (Å²) in [6.45, 7) is 0. The second-order valence-corrected chi connectivity index (χ2v) is 3.80. The van der Waals surface area contributed by atoms with Gasteiger partial charge in [0.1, 0.15) is 0 Å². The van der Waals surface area contributed by atoms with Gasteiger partial charge >= 0.3 is 11.9 Å². The number of nitrogens with zero attached hydrogens (tertiary/aromatic N) is 2. The summed E-state index contributed by atoms with van der Waals surface area (Å²) in [5.41, 5.74) is 6.43. The molecule has 6 heteroatoms. The molecule has 0 aromatic heterocycles. The zero-order chi connectivity index (χ0) is 14.0. The van der Waals surface area contributed by atoms with Crippen molar-refractivity contribution in [2.45, 2.75) is 6.18 Å². The highest BCUT2D eigenvalue weighted by Gasteiger charge is 2.50. The smallest absolute Gasteiger partial charge is 0.361 e. The summed E-state index contributed by atoms with van der Waals surface area (Å²) < 4.78 is 37.6. The first-order chi connectivity index (χ1) is 8.95. The van der Waals surface area contributed by atoms with Crippen LogP contribution in [0.3, 0.4) is 0 Å². The molecule has 0 fully saturated rings. The van der Waals surface area contributed by atoms with Crippen LogP contribution in [0, 0.1) is 0 Å². The Morgan fingerprint density at radius 2 is 1.68 bits per heavy atom. The largest absolute Gasteiger partial charge is 0.499 e. The summed E-state index contributed by atoms with van der Waals surface area (Å²) in [6.07, 6.45) is -5.00. The Hall–Kier alpha value is -2.46. The van der Waals surface area contributed by atoms with E-state index >= 15 is 0 Å². The average Bonchev–Trinajstić information content (AvgIpc) is 2.37. The van der Waals surface area contributed by atoms with Crippen molar-refractivity contribution in [3.63, 3.8) is 0 Å². The van der Waals surface area contributed by atoms with Crippen molar-refractivity contribution >= 4 is 22.3 Å². The standard InChI is InChI=1S/C13H7F3N2O/c14-13(15,16)12(18-17)11(19)10-7-3-5-8-4-1-2-6-9(8)10/h1-7H. The minimum Gasteiger partial charge on any atom is -0.361 e. The summed E-state index contributed by atoms with van der Waals surface area (Å²) >= 11 is 0. The molecule has 0 saturated heterocycles. The van der Waals surface area contributed by atoms with Gasteiger partial charge < -0.3 is 5.53 Å². The highest BCUT2D eigenvalue weighted by atomic mass is 19.4. The second-order valence-electron chi connectivity index (χ2n) is 3.80. The van der Waals surface area contributed by atoms with Crippen LogP contribution < -0.4 is 0 Å². The molecule has 0 atom stereocenters. The van der Waals surface area contributed by atoms with Crippen LogP contribution in [-0.4, -0.2) is 22.5 Å². The number of hydrogen-bond acceptors (Lipinski definition) is 1. The van der Waals surface area contributed by atoms with Crippen LogP contribution in [-0.2, 0) is 0 Å². The third kappa shape index (κ3) is 2.39. The van der Waals surface area contributed by atoms with Crippen LogP contribution in [0.15, 0.2) is 42.5 Å². The van der Waals surface area contributed by atoms with E-state index in [1.807, 2.05) is 0 Å². The van der Waals surface area contributed by atoms with E-state index in [0.717, 1.165) is 0 Å². The van der Waals surface area contributed by atoms with E-state index in [2.05, 4.69) is 4.79 Å². The number of carbonyl (C=O) groups excluding carboxylic acids is 1. The van der Waals surface area contributed by atoms with Gasteiger partial charge in [-0.2, -0.15) is 18.0 Å². The van der Waals surface area contributed by atoms with Gasteiger partial charge in [0.15, 0.2) is 0 Å². The van der Waals surface area contributed by atoms with Crippen LogP contribution in [0.2, 0.25) is 0 Å². The first kappa shape index (κ1) is 13.0. The Morgan fingerprint density at radius 3 is 2.32 bits per heavy atom. The lowest BCUT2D eigenvalue weighted by Crippen LogP contribution is -2.32. The number of carbonyl (C=O) groups is 1. The summed E-state index contributed by atoms with van der Waals surface area (Å²) in [7, 11) is 0. The highest BCUT2D eigenvalue weighted by Crippen LogP contribution is 2.23. The molecule has 0 heterocycles. The fraction of sp³-hybridized carbons (Fsp3) is 0.0769. The fourth-order valence-electron chi connectivity index (χ4n) is 1.78. The lowest BCUT2D eigenvalue weighted by molar-refractivity contribution is -0.110. The molecule has 0 N–H and O–H groups in total. The molecule has 96 valence electrons. The maximum atomic E-state index is 12.5. The molecule has 2 aromatic rings. The van der Waals surface area contributed by atoms with Crippen LogP contribution in [0.4, 0.5) is 13.2 Å². The number of fused-ring (bicyclic) bond motifs is 1. The molecule has 2 aromatic carbocycles. The van der Waals surface area contributed by atoms with E-state index < -0.39 is 17.7 Å².